The lowest BCUT2D eigenvalue weighted by atomic mass is 10.2. The van der Waals surface area contributed by atoms with E-state index in [2.05, 4.69) is 9.47 Å². The van der Waals surface area contributed by atoms with Gasteiger partial charge in [0.2, 0.25) is 0 Å². The Bertz CT molecular complexity index is 543. The number of aromatic hydroxyl groups is 1. The van der Waals surface area contributed by atoms with Crippen LogP contribution >= 0.6 is 18.5 Å². The maximum atomic E-state index is 9.32. The Kier molecular flexibility index (Phi) is 4.84. The summed E-state index contributed by atoms with van der Waals surface area (Å²) in [4.78, 5) is 0. The molecule has 0 spiro atoms. The molecule has 2 unspecified atom stereocenters. The first kappa shape index (κ1) is 13.9. The molecule has 0 saturated heterocycles. The standard InChI is InChI=1S/C13H14O4P2/c1-9-2-5-11(6-3-9)16-19-17-12-7-4-10(14)8-13(12)15-18/h2-8,14,19H,18H2,1H3. The average molecular weight is 296 g/mol. The molecule has 0 radical (unpaired) electrons. The fourth-order valence-corrected chi connectivity index (χ4v) is 2.11. The Morgan fingerprint density at radius 3 is 2.42 bits per heavy atom. The van der Waals surface area contributed by atoms with Crippen molar-refractivity contribution in [3.8, 4) is 23.0 Å². The molecule has 19 heavy (non-hydrogen) atoms. The molecule has 100 valence electrons. The van der Waals surface area contributed by atoms with Crippen molar-refractivity contribution in [2.45, 2.75) is 6.92 Å². The molecule has 6 heteroatoms. The third-order valence-corrected chi connectivity index (χ3v) is 3.26. The Balaban J connectivity index is 1.94. The van der Waals surface area contributed by atoms with Crippen LogP contribution in [0.15, 0.2) is 42.5 Å². The zero-order chi connectivity index (χ0) is 13.7. The van der Waals surface area contributed by atoms with Crippen LogP contribution in [0.1, 0.15) is 5.56 Å². The second kappa shape index (κ2) is 6.60. The topological polar surface area (TPSA) is 47.9 Å². The molecule has 0 aliphatic carbocycles. The molecule has 0 amide bonds. The van der Waals surface area contributed by atoms with Gasteiger partial charge in [0.05, 0.1) is 9.47 Å². The van der Waals surface area contributed by atoms with Gasteiger partial charge in [0.1, 0.15) is 11.5 Å². The fourth-order valence-electron chi connectivity index (χ4n) is 1.39. The Morgan fingerprint density at radius 1 is 1.00 bits per heavy atom. The highest BCUT2D eigenvalue weighted by atomic mass is 31.1. The van der Waals surface area contributed by atoms with Crippen molar-refractivity contribution in [3.05, 3.63) is 48.0 Å². The molecule has 0 fully saturated rings. The number of benzene rings is 2. The number of hydrogen-bond donors (Lipinski definition) is 1. The smallest absolute Gasteiger partial charge is 0.275 e. The highest BCUT2D eigenvalue weighted by Gasteiger charge is 2.06. The summed E-state index contributed by atoms with van der Waals surface area (Å²) in [6.45, 7) is 2.02. The summed E-state index contributed by atoms with van der Waals surface area (Å²) in [7, 11) is 1.92. The minimum Gasteiger partial charge on any atom is -0.508 e. The van der Waals surface area contributed by atoms with Crippen molar-refractivity contribution < 1.29 is 18.7 Å². The van der Waals surface area contributed by atoms with E-state index in [0.717, 1.165) is 5.75 Å². The second-order valence-corrected chi connectivity index (χ2v) is 4.66. The van der Waals surface area contributed by atoms with Gasteiger partial charge in [-0.05, 0) is 31.2 Å². The molecule has 4 nitrogen and oxygen atoms in total. The summed E-state index contributed by atoms with van der Waals surface area (Å²) in [6.07, 6.45) is 0. The van der Waals surface area contributed by atoms with Crippen LogP contribution in [-0.4, -0.2) is 5.11 Å². The zero-order valence-electron chi connectivity index (χ0n) is 10.3. The van der Waals surface area contributed by atoms with E-state index >= 15 is 0 Å². The van der Waals surface area contributed by atoms with Crippen molar-refractivity contribution in [2.24, 2.45) is 0 Å². The SMILES string of the molecule is Cc1ccc(OPOc2ccc(O)cc2OP)cc1. The van der Waals surface area contributed by atoms with Gasteiger partial charge in [-0.25, -0.2) is 0 Å². The number of phenols is 1. The lowest BCUT2D eigenvalue weighted by Crippen LogP contribution is -1.87. The summed E-state index contributed by atoms with van der Waals surface area (Å²) >= 11 is 0. The van der Waals surface area contributed by atoms with Gasteiger partial charge in [-0.2, -0.15) is 0 Å². The first-order valence-electron chi connectivity index (χ1n) is 5.54. The Labute approximate surface area is 115 Å². The van der Waals surface area contributed by atoms with Gasteiger partial charge in [0.25, 0.3) is 9.03 Å². The normalized spacial score (nSPS) is 10.6. The Hall–Kier alpha value is -1.50. The van der Waals surface area contributed by atoms with Crippen molar-refractivity contribution in [2.75, 3.05) is 0 Å². The monoisotopic (exact) mass is 296 g/mol. The van der Waals surface area contributed by atoms with Crippen LogP contribution < -0.4 is 13.6 Å². The van der Waals surface area contributed by atoms with Gasteiger partial charge < -0.3 is 18.7 Å². The van der Waals surface area contributed by atoms with Gasteiger partial charge >= 0.3 is 0 Å². The third-order valence-electron chi connectivity index (χ3n) is 2.39. The van der Waals surface area contributed by atoms with E-state index < -0.39 is 0 Å². The minimum absolute atomic E-state index is 0.118. The van der Waals surface area contributed by atoms with Gasteiger partial charge in [0, 0.05) is 6.07 Å². The maximum Gasteiger partial charge on any atom is 0.275 e. The van der Waals surface area contributed by atoms with Crippen LogP contribution in [0.2, 0.25) is 0 Å². The van der Waals surface area contributed by atoms with Crippen LogP contribution in [0.4, 0.5) is 0 Å². The van der Waals surface area contributed by atoms with Crippen LogP contribution in [0, 0.1) is 6.92 Å². The first-order chi connectivity index (χ1) is 9.19. The molecule has 0 aromatic heterocycles. The van der Waals surface area contributed by atoms with E-state index in [4.69, 9.17) is 13.6 Å². The predicted molar refractivity (Wildman–Crippen MR) is 79.2 cm³/mol. The summed E-state index contributed by atoms with van der Waals surface area (Å²) in [6, 6.07) is 12.3. The third kappa shape index (κ3) is 3.99. The molecule has 1 N–H and O–H groups in total. The predicted octanol–water partition coefficient (Wildman–Crippen LogP) is 3.84. The average Bonchev–Trinajstić information content (AvgIpc) is 2.42. The molecule has 0 bridgehead atoms. The second-order valence-electron chi connectivity index (χ2n) is 3.85. The molecule has 0 saturated carbocycles. The van der Waals surface area contributed by atoms with E-state index in [9.17, 15) is 5.11 Å². The van der Waals surface area contributed by atoms with E-state index in [1.165, 1.54) is 17.7 Å². The molecule has 0 heterocycles. The zero-order valence-corrected chi connectivity index (χ0v) is 12.4. The highest BCUT2D eigenvalue weighted by molar-refractivity contribution is 7.27. The highest BCUT2D eigenvalue weighted by Crippen LogP contribution is 2.36. The summed E-state index contributed by atoms with van der Waals surface area (Å²) in [5.74, 6) is 1.81. The van der Waals surface area contributed by atoms with Gasteiger partial charge in [-0.1, -0.05) is 17.7 Å². The van der Waals surface area contributed by atoms with Crippen molar-refractivity contribution in [1.29, 1.82) is 0 Å². The number of aryl methyl sites for hydroxylation is 1. The van der Waals surface area contributed by atoms with Crippen molar-refractivity contribution >= 4 is 18.5 Å². The van der Waals surface area contributed by atoms with Crippen molar-refractivity contribution in [3.63, 3.8) is 0 Å². The molecule has 2 atom stereocenters. The van der Waals surface area contributed by atoms with Gasteiger partial charge in [-0.15, -0.1) is 0 Å². The Morgan fingerprint density at radius 2 is 1.74 bits per heavy atom. The number of rotatable bonds is 5. The molecule has 0 aliphatic heterocycles. The molecule has 2 aromatic carbocycles. The van der Waals surface area contributed by atoms with Crippen LogP contribution in [-0.2, 0) is 0 Å². The molecule has 0 aliphatic rings. The molecule has 2 rings (SSSR count). The van der Waals surface area contributed by atoms with Crippen molar-refractivity contribution in [1.82, 2.24) is 0 Å². The summed E-state index contributed by atoms with van der Waals surface area (Å²) in [5.41, 5.74) is 1.17. The lowest BCUT2D eigenvalue weighted by molar-refractivity contribution is 0.463. The quantitative estimate of drug-likeness (QED) is 0.852. The minimum atomic E-state index is -0.191. The van der Waals surface area contributed by atoms with Crippen LogP contribution in [0.5, 0.6) is 23.0 Å². The maximum absolute atomic E-state index is 9.32. The molecular formula is C13H14O4P2. The molecular weight excluding hydrogens is 282 g/mol. The summed E-state index contributed by atoms with van der Waals surface area (Å²) in [5, 5.41) is 9.32. The number of phenolic OH excluding ortho intramolecular Hbond substituents is 1. The lowest BCUT2D eigenvalue weighted by Gasteiger charge is -2.10. The first-order valence-corrected chi connectivity index (χ1v) is 6.83. The van der Waals surface area contributed by atoms with E-state index in [1.807, 2.05) is 31.2 Å². The molecule has 2 aromatic rings. The van der Waals surface area contributed by atoms with Crippen LogP contribution in [0.25, 0.3) is 0 Å². The summed E-state index contributed by atoms with van der Waals surface area (Å²) < 4.78 is 16.0. The van der Waals surface area contributed by atoms with Gasteiger partial charge in [0.15, 0.2) is 11.5 Å². The number of hydrogen-bond acceptors (Lipinski definition) is 4. The van der Waals surface area contributed by atoms with E-state index in [1.54, 1.807) is 6.07 Å². The van der Waals surface area contributed by atoms with Crippen LogP contribution in [0.3, 0.4) is 0 Å². The fraction of sp³-hybridized carbons (Fsp3) is 0.0769. The van der Waals surface area contributed by atoms with E-state index in [-0.39, 0.29) is 14.8 Å². The van der Waals surface area contributed by atoms with E-state index in [0.29, 0.717) is 11.5 Å². The largest absolute Gasteiger partial charge is 0.508 e. The van der Waals surface area contributed by atoms with Gasteiger partial charge in [-0.3, -0.25) is 0 Å².